The number of carbonyl (C=O) groups is 1. The summed E-state index contributed by atoms with van der Waals surface area (Å²) in [7, 11) is 0. The zero-order valence-corrected chi connectivity index (χ0v) is 8.91. The molecule has 0 aromatic carbocycles. The number of carboxylic acids is 1. The van der Waals surface area contributed by atoms with Crippen LogP contribution in [0.4, 0.5) is 0 Å². The van der Waals surface area contributed by atoms with Crippen LogP contribution in [-0.4, -0.2) is 34.0 Å². The van der Waals surface area contributed by atoms with Gasteiger partial charge in [0.25, 0.3) is 0 Å². The summed E-state index contributed by atoms with van der Waals surface area (Å²) in [6.07, 6.45) is 0.761. The third kappa shape index (κ3) is 2.25. The predicted octanol–water partition coefficient (Wildman–Crippen LogP) is 1.03. The molecule has 0 radical (unpaired) electrons. The lowest BCUT2D eigenvalue weighted by Gasteiger charge is -2.43. The maximum Gasteiger partial charge on any atom is 0.309 e. The van der Waals surface area contributed by atoms with Crippen molar-refractivity contribution in [1.29, 1.82) is 0 Å². The highest BCUT2D eigenvalue weighted by Gasteiger charge is 2.45. The van der Waals surface area contributed by atoms with Crippen molar-refractivity contribution < 1.29 is 19.7 Å². The van der Waals surface area contributed by atoms with Gasteiger partial charge in [-0.2, -0.15) is 0 Å². The number of aliphatic carboxylic acids is 1. The lowest BCUT2D eigenvalue weighted by molar-refractivity contribution is -0.179. The highest BCUT2D eigenvalue weighted by molar-refractivity contribution is 5.71. The van der Waals surface area contributed by atoms with Crippen LogP contribution in [0.1, 0.15) is 33.6 Å². The van der Waals surface area contributed by atoms with Gasteiger partial charge in [0.2, 0.25) is 0 Å². The fraction of sp³-hybridized carbons (Fsp3) is 0.900. The molecule has 4 nitrogen and oxygen atoms in total. The average molecular weight is 202 g/mol. The van der Waals surface area contributed by atoms with Gasteiger partial charge in [-0.05, 0) is 20.8 Å². The molecule has 0 bridgehead atoms. The first-order valence-electron chi connectivity index (χ1n) is 4.86. The highest BCUT2D eigenvalue weighted by Crippen LogP contribution is 2.36. The van der Waals surface area contributed by atoms with Crippen LogP contribution in [0.2, 0.25) is 0 Å². The smallest absolute Gasteiger partial charge is 0.309 e. The summed E-state index contributed by atoms with van der Waals surface area (Å²) in [6, 6.07) is 0. The first-order valence-corrected chi connectivity index (χ1v) is 4.86. The Labute approximate surface area is 83.9 Å². The standard InChI is InChI=1S/C10H18O4/c1-7(8(11)12)10(13)4-5-14-9(2,3)6-10/h7,13H,4-6H2,1-3H3,(H,11,12). The second-order valence-electron chi connectivity index (χ2n) is 4.70. The molecule has 2 N–H and O–H groups in total. The number of hydrogen-bond donors (Lipinski definition) is 2. The van der Waals surface area contributed by atoms with Gasteiger partial charge in [-0.25, -0.2) is 0 Å². The third-order valence-electron chi connectivity index (χ3n) is 2.94. The molecule has 2 atom stereocenters. The van der Waals surface area contributed by atoms with Crippen molar-refractivity contribution >= 4 is 5.97 Å². The largest absolute Gasteiger partial charge is 0.481 e. The van der Waals surface area contributed by atoms with Crippen LogP contribution in [-0.2, 0) is 9.53 Å². The Balaban J connectivity index is 2.78. The van der Waals surface area contributed by atoms with E-state index in [-0.39, 0.29) is 0 Å². The molecule has 4 heteroatoms. The summed E-state index contributed by atoms with van der Waals surface area (Å²) in [5, 5.41) is 19.1. The molecule has 1 rings (SSSR count). The molecule has 1 saturated heterocycles. The van der Waals surface area contributed by atoms with E-state index < -0.39 is 23.1 Å². The van der Waals surface area contributed by atoms with E-state index in [1.54, 1.807) is 6.92 Å². The molecule has 82 valence electrons. The van der Waals surface area contributed by atoms with Crippen molar-refractivity contribution in [3.05, 3.63) is 0 Å². The predicted molar refractivity (Wildman–Crippen MR) is 51.0 cm³/mol. The van der Waals surface area contributed by atoms with Crippen molar-refractivity contribution in [3.8, 4) is 0 Å². The van der Waals surface area contributed by atoms with E-state index >= 15 is 0 Å². The fourth-order valence-electron chi connectivity index (χ4n) is 1.98. The van der Waals surface area contributed by atoms with Crippen LogP contribution < -0.4 is 0 Å². The normalized spacial score (nSPS) is 33.7. The molecular weight excluding hydrogens is 184 g/mol. The van der Waals surface area contributed by atoms with E-state index in [1.165, 1.54) is 0 Å². The number of rotatable bonds is 2. The molecule has 0 saturated carbocycles. The van der Waals surface area contributed by atoms with Crippen LogP contribution in [0.25, 0.3) is 0 Å². The zero-order chi connectivity index (χ0) is 11.0. The molecule has 0 amide bonds. The molecular formula is C10H18O4. The quantitative estimate of drug-likeness (QED) is 0.701. The van der Waals surface area contributed by atoms with Crippen molar-refractivity contribution in [2.45, 2.75) is 44.8 Å². The highest BCUT2D eigenvalue weighted by atomic mass is 16.5. The van der Waals surface area contributed by atoms with Crippen molar-refractivity contribution in [2.24, 2.45) is 5.92 Å². The number of hydrogen-bond acceptors (Lipinski definition) is 3. The van der Waals surface area contributed by atoms with E-state index in [9.17, 15) is 9.90 Å². The minimum absolute atomic E-state index is 0.369. The average Bonchev–Trinajstić information content (AvgIpc) is 2.00. The van der Waals surface area contributed by atoms with Gasteiger partial charge in [-0.3, -0.25) is 4.79 Å². The van der Waals surface area contributed by atoms with Gasteiger partial charge in [0.15, 0.2) is 0 Å². The molecule has 2 unspecified atom stereocenters. The van der Waals surface area contributed by atoms with Gasteiger partial charge in [-0.1, -0.05) is 0 Å². The van der Waals surface area contributed by atoms with Crippen LogP contribution in [0.5, 0.6) is 0 Å². The summed E-state index contributed by atoms with van der Waals surface area (Å²) in [5.41, 5.74) is -1.57. The van der Waals surface area contributed by atoms with E-state index in [0.29, 0.717) is 19.4 Å². The number of ether oxygens (including phenoxy) is 1. The lowest BCUT2D eigenvalue weighted by Crippen LogP contribution is -2.51. The monoisotopic (exact) mass is 202 g/mol. The van der Waals surface area contributed by atoms with E-state index in [0.717, 1.165) is 0 Å². The van der Waals surface area contributed by atoms with Crippen LogP contribution in [0.3, 0.4) is 0 Å². The van der Waals surface area contributed by atoms with Gasteiger partial charge in [0.1, 0.15) is 0 Å². The Hall–Kier alpha value is -0.610. The Morgan fingerprint density at radius 1 is 1.50 bits per heavy atom. The summed E-state index contributed by atoms with van der Waals surface area (Å²) in [5.74, 6) is -1.70. The minimum atomic E-state index is -1.13. The topological polar surface area (TPSA) is 66.8 Å². The molecule has 0 aliphatic carbocycles. The van der Waals surface area contributed by atoms with Crippen LogP contribution >= 0.6 is 0 Å². The van der Waals surface area contributed by atoms with Crippen molar-refractivity contribution in [3.63, 3.8) is 0 Å². The summed E-state index contributed by atoms with van der Waals surface area (Å²) in [4.78, 5) is 10.8. The van der Waals surface area contributed by atoms with Gasteiger partial charge >= 0.3 is 5.97 Å². The van der Waals surface area contributed by atoms with Crippen LogP contribution in [0.15, 0.2) is 0 Å². The fourth-order valence-corrected chi connectivity index (χ4v) is 1.98. The molecule has 0 spiro atoms. The minimum Gasteiger partial charge on any atom is -0.481 e. The zero-order valence-electron chi connectivity index (χ0n) is 8.91. The van der Waals surface area contributed by atoms with E-state index in [1.807, 2.05) is 13.8 Å². The maximum atomic E-state index is 10.8. The van der Waals surface area contributed by atoms with E-state index in [2.05, 4.69) is 0 Å². The van der Waals surface area contributed by atoms with Gasteiger partial charge in [0.05, 0.1) is 23.7 Å². The van der Waals surface area contributed by atoms with Gasteiger partial charge < -0.3 is 14.9 Å². The molecule has 1 aliphatic rings. The van der Waals surface area contributed by atoms with Crippen LogP contribution in [0, 0.1) is 5.92 Å². The first kappa shape index (κ1) is 11.5. The Bertz CT molecular complexity index is 236. The lowest BCUT2D eigenvalue weighted by atomic mass is 9.76. The van der Waals surface area contributed by atoms with Crippen molar-refractivity contribution in [1.82, 2.24) is 0 Å². The van der Waals surface area contributed by atoms with E-state index in [4.69, 9.17) is 9.84 Å². The van der Waals surface area contributed by atoms with Crippen molar-refractivity contribution in [2.75, 3.05) is 6.61 Å². The molecule has 0 aromatic heterocycles. The summed E-state index contributed by atoms with van der Waals surface area (Å²) < 4.78 is 5.44. The SMILES string of the molecule is CC(C(=O)O)C1(O)CCOC(C)(C)C1. The molecule has 1 aliphatic heterocycles. The molecule has 1 fully saturated rings. The second kappa shape index (κ2) is 3.51. The number of carboxylic acid groups (broad SMARTS) is 1. The summed E-state index contributed by atoms with van der Waals surface area (Å²) >= 11 is 0. The van der Waals surface area contributed by atoms with Gasteiger partial charge in [0, 0.05) is 12.8 Å². The Morgan fingerprint density at radius 3 is 2.50 bits per heavy atom. The molecule has 14 heavy (non-hydrogen) atoms. The molecule has 1 heterocycles. The second-order valence-corrected chi connectivity index (χ2v) is 4.70. The first-order chi connectivity index (χ1) is 6.27. The number of aliphatic hydroxyl groups is 1. The Kier molecular flexibility index (Phi) is 2.88. The Morgan fingerprint density at radius 2 is 2.07 bits per heavy atom. The summed E-state index contributed by atoms with van der Waals surface area (Å²) in [6.45, 7) is 5.70. The molecule has 0 aromatic rings. The third-order valence-corrected chi connectivity index (χ3v) is 2.94. The van der Waals surface area contributed by atoms with Gasteiger partial charge in [-0.15, -0.1) is 0 Å². The maximum absolute atomic E-state index is 10.8.